The minimum atomic E-state index is -4.42. The Hall–Kier alpha value is -0.0700. The summed E-state index contributed by atoms with van der Waals surface area (Å²) in [5, 5.41) is 0. The smallest absolute Gasteiger partial charge is 0.316 e. The summed E-state index contributed by atoms with van der Waals surface area (Å²) in [5.74, 6) is 0. The van der Waals surface area contributed by atoms with Crippen molar-refractivity contribution in [1.82, 2.24) is 0 Å². The summed E-state index contributed by atoms with van der Waals surface area (Å²) in [5.41, 5.74) is 5.07. The number of rotatable bonds is 1. The van der Waals surface area contributed by atoms with Gasteiger partial charge in [0, 0.05) is 8.95 Å². The monoisotopic (exact) mass is 331 g/mol. The number of nitrogens with two attached hydrogens (primary N) is 1. The van der Waals surface area contributed by atoms with Crippen LogP contribution in [-0.4, -0.2) is 6.18 Å². The Kier molecular flexibility index (Phi) is 3.60. The highest BCUT2D eigenvalue weighted by atomic mass is 79.9. The van der Waals surface area contributed by atoms with Crippen molar-refractivity contribution in [3.63, 3.8) is 0 Å². The van der Waals surface area contributed by atoms with Gasteiger partial charge in [-0.25, -0.2) is 0 Å². The van der Waals surface area contributed by atoms with Crippen molar-refractivity contribution in [2.45, 2.75) is 12.2 Å². The molecule has 0 aliphatic heterocycles. The Morgan fingerprint density at radius 2 is 1.50 bits per heavy atom. The molecule has 0 radical (unpaired) electrons. The van der Waals surface area contributed by atoms with E-state index in [0.717, 1.165) is 0 Å². The normalized spacial score (nSPS) is 14.1. The summed E-state index contributed by atoms with van der Waals surface area (Å²) in [4.78, 5) is 0. The van der Waals surface area contributed by atoms with Crippen molar-refractivity contribution < 1.29 is 13.2 Å². The van der Waals surface area contributed by atoms with Gasteiger partial charge in [0.15, 0.2) is 0 Å². The van der Waals surface area contributed by atoms with E-state index in [1.807, 2.05) is 0 Å². The van der Waals surface area contributed by atoms with Crippen LogP contribution in [0.5, 0.6) is 0 Å². The summed E-state index contributed by atoms with van der Waals surface area (Å²) in [6.45, 7) is 0. The van der Waals surface area contributed by atoms with Crippen LogP contribution in [0, 0.1) is 0 Å². The van der Waals surface area contributed by atoms with E-state index in [4.69, 9.17) is 5.73 Å². The molecule has 0 heterocycles. The zero-order valence-corrected chi connectivity index (χ0v) is 9.95. The van der Waals surface area contributed by atoms with Gasteiger partial charge in [0.25, 0.3) is 0 Å². The molecule has 1 atom stereocenters. The highest BCUT2D eigenvalue weighted by Crippen LogP contribution is 2.33. The molecule has 0 saturated carbocycles. The van der Waals surface area contributed by atoms with Crippen LogP contribution >= 0.6 is 31.9 Å². The predicted molar refractivity (Wildman–Crippen MR) is 54.8 cm³/mol. The van der Waals surface area contributed by atoms with Crippen LogP contribution in [0.4, 0.5) is 13.2 Å². The lowest BCUT2D eigenvalue weighted by Gasteiger charge is -2.16. The molecule has 2 N–H and O–H groups in total. The minimum Gasteiger partial charge on any atom is -0.316 e. The van der Waals surface area contributed by atoms with Crippen LogP contribution in [0.2, 0.25) is 0 Å². The summed E-state index contributed by atoms with van der Waals surface area (Å²) >= 11 is 6.19. The highest BCUT2D eigenvalue weighted by Gasteiger charge is 2.37. The molecule has 6 heteroatoms. The predicted octanol–water partition coefficient (Wildman–Crippen LogP) is 3.77. The Balaban J connectivity index is 3.07. The topological polar surface area (TPSA) is 26.0 Å². The SMILES string of the molecule is NC(c1cc(Br)cc(Br)c1)C(F)(F)F. The van der Waals surface area contributed by atoms with Crippen LogP contribution in [0.15, 0.2) is 27.1 Å². The third-order valence-corrected chi connectivity index (χ3v) is 2.51. The summed E-state index contributed by atoms with van der Waals surface area (Å²) in [6.07, 6.45) is -4.42. The molecular formula is C8H6Br2F3N. The van der Waals surface area contributed by atoms with Gasteiger partial charge in [-0.2, -0.15) is 13.2 Å². The van der Waals surface area contributed by atoms with Gasteiger partial charge < -0.3 is 5.73 Å². The van der Waals surface area contributed by atoms with E-state index in [1.54, 1.807) is 6.07 Å². The van der Waals surface area contributed by atoms with E-state index in [1.165, 1.54) is 12.1 Å². The molecule has 0 aromatic heterocycles. The Labute approximate surface area is 95.7 Å². The average Bonchev–Trinajstić information content (AvgIpc) is 1.99. The maximum atomic E-state index is 12.2. The molecule has 0 aliphatic carbocycles. The van der Waals surface area contributed by atoms with Crippen molar-refractivity contribution in [2.75, 3.05) is 0 Å². The molecule has 0 amide bonds. The highest BCUT2D eigenvalue weighted by molar-refractivity contribution is 9.11. The third-order valence-electron chi connectivity index (χ3n) is 1.60. The van der Waals surface area contributed by atoms with Crippen molar-refractivity contribution in [3.05, 3.63) is 32.7 Å². The van der Waals surface area contributed by atoms with Crippen molar-refractivity contribution in [3.8, 4) is 0 Å². The molecule has 0 fully saturated rings. The van der Waals surface area contributed by atoms with Crippen molar-refractivity contribution >= 4 is 31.9 Å². The summed E-state index contributed by atoms with van der Waals surface area (Å²) in [6, 6.07) is 2.40. The second kappa shape index (κ2) is 4.20. The molecule has 0 spiro atoms. The first-order valence-electron chi connectivity index (χ1n) is 3.59. The van der Waals surface area contributed by atoms with E-state index in [2.05, 4.69) is 31.9 Å². The second-order valence-electron chi connectivity index (χ2n) is 2.72. The van der Waals surface area contributed by atoms with Crippen LogP contribution in [0.25, 0.3) is 0 Å². The van der Waals surface area contributed by atoms with Crippen molar-refractivity contribution in [2.24, 2.45) is 5.73 Å². The van der Waals surface area contributed by atoms with E-state index >= 15 is 0 Å². The lowest BCUT2D eigenvalue weighted by Crippen LogP contribution is -2.28. The van der Waals surface area contributed by atoms with Gasteiger partial charge in [-0.3, -0.25) is 0 Å². The number of hydrogen-bond donors (Lipinski definition) is 1. The van der Waals surface area contributed by atoms with Crippen molar-refractivity contribution in [1.29, 1.82) is 0 Å². The molecule has 0 saturated heterocycles. The number of benzene rings is 1. The fraction of sp³-hybridized carbons (Fsp3) is 0.250. The molecule has 0 bridgehead atoms. The first-order valence-corrected chi connectivity index (χ1v) is 5.17. The standard InChI is InChI=1S/C8H6Br2F3N/c9-5-1-4(2-6(10)3-5)7(14)8(11,12)13/h1-3,7H,14H2. The number of halogens is 5. The molecule has 1 aromatic carbocycles. The Morgan fingerprint density at radius 3 is 1.86 bits per heavy atom. The zero-order valence-electron chi connectivity index (χ0n) is 6.78. The number of alkyl halides is 3. The van der Waals surface area contributed by atoms with Gasteiger partial charge in [-0.1, -0.05) is 31.9 Å². The quantitative estimate of drug-likeness (QED) is 0.832. The molecule has 1 aromatic rings. The molecule has 1 rings (SSSR count). The molecule has 14 heavy (non-hydrogen) atoms. The van der Waals surface area contributed by atoms with Gasteiger partial charge in [-0.05, 0) is 23.8 Å². The first kappa shape index (κ1) is 12.0. The van der Waals surface area contributed by atoms with E-state index < -0.39 is 12.2 Å². The second-order valence-corrected chi connectivity index (χ2v) is 4.55. The summed E-state index contributed by atoms with van der Waals surface area (Å²) < 4.78 is 37.8. The maximum Gasteiger partial charge on any atom is 0.407 e. The van der Waals surface area contributed by atoms with E-state index in [9.17, 15) is 13.2 Å². The van der Waals surface area contributed by atoms with Gasteiger partial charge in [0.1, 0.15) is 6.04 Å². The largest absolute Gasteiger partial charge is 0.407 e. The third kappa shape index (κ3) is 2.96. The van der Waals surface area contributed by atoms with E-state index in [0.29, 0.717) is 8.95 Å². The fourth-order valence-corrected chi connectivity index (χ4v) is 2.27. The van der Waals surface area contributed by atoms with Gasteiger partial charge in [0.05, 0.1) is 0 Å². The number of hydrogen-bond acceptors (Lipinski definition) is 1. The van der Waals surface area contributed by atoms with Gasteiger partial charge in [0.2, 0.25) is 0 Å². The fourth-order valence-electron chi connectivity index (χ4n) is 0.944. The Morgan fingerprint density at radius 1 is 1.07 bits per heavy atom. The molecular weight excluding hydrogens is 327 g/mol. The van der Waals surface area contributed by atoms with Crippen LogP contribution in [-0.2, 0) is 0 Å². The Bertz CT molecular complexity index is 318. The molecule has 78 valence electrons. The minimum absolute atomic E-state index is 0.0266. The summed E-state index contributed by atoms with van der Waals surface area (Å²) in [7, 11) is 0. The molecule has 0 aliphatic rings. The van der Waals surface area contributed by atoms with Gasteiger partial charge >= 0.3 is 6.18 Å². The van der Waals surface area contributed by atoms with E-state index in [-0.39, 0.29) is 5.56 Å². The van der Waals surface area contributed by atoms with Crippen LogP contribution in [0.1, 0.15) is 11.6 Å². The van der Waals surface area contributed by atoms with Crippen LogP contribution < -0.4 is 5.73 Å². The zero-order chi connectivity index (χ0) is 10.9. The maximum absolute atomic E-state index is 12.2. The lowest BCUT2D eigenvalue weighted by atomic mass is 10.1. The lowest BCUT2D eigenvalue weighted by molar-refractivity contribution is -0.149. The first-order chi connectivity index (χ1) is 6.30. The van der Waals surface area contributed by atoms with Crippen LogP contribution in [0.3, 0.4) is 0 Å². The molecule has 1 nitrogen and oxygen atoms in total. The van der Waals surface area contributed by atoms with Gasteiger partial charge in [-0.15, -0.1) is 0 Å². The molecule has 1 unspecified atom stereocenters. The average molecular weight is 333 g/mol.